The summed E-state index contributed by atoms with van der Waals surface area (Å²) in [6, 6.07) is 15.5. The van der Waals surface area contributed by atoms with E-state index in [1.165, 1.54) is 29.5 Å². The molecule has 17 heavy (non-hydrogen) atoms. The highest BCUT2D eigenvalue weighted by molar-refractivity contribution is 5.72. The van der Waals surface area contributed by atoms with E-state index in [0.717, 1.165) is 5.92 Å². The molecule has 0 N–H and O–H groups in total. The van der Waals surface area contributed by atoms with E-state index >= 15 is 0 Å². The Morgan fingerprint density at radius 3 is 2.53 bits per heavy atom. The minimum atomic E-state index is 0.731. The molecule has 0 heteroatoms. The topological polar surface area (TPSA) is 0 Å². The molecule has 1 aliphatic carbocycles. The van der Waals surface area contributed by atoms with E-state index in [-0.39, 0.29) is 0 Å². The molecular formula is C17H18. The van der Waals surface area contributed by atoms with E-state index in [4.69, 9.17) is 0 Å². The van der Waals surface area contributed by atoms with Gasteiger partial charge in [-0.3, -0.25) is 0 Å². The van der Waals surface area contributed by atoms with Crippen molar-refractivity contribution >= 4 is 0 Å². The summed E-state index contributed by atoms with van der Waals surface area (Å²) >= 11 is 0. The highest BCUT2D eigenvalue weighted by Crippen LogP contribution is 2.39. The molecule has 0 radical (unpaired) electrons. The van der Waals surface area contributed by atoms with Crippen LogP contribution in [0.2, 0.25) is 0 Å². The molecule has 1 atom stereocenters. The molecule has 0 bridgehead atoms. The first-order chi connectivity index (χ1) is 8.27. The maximum atomic E-state index is 2.34. The monoisotopic (exact) mass is 222 g/mol. The van der Waals surface area contributed by atoms with E-state index in [1.54, 1.807) is 11.1 Å². The van der Waals surface area contributed by atoms with Gasteiger partial charge in [-0.25, -0.2) is 0 Å². The van der Waals surface area contributed by atoms with E-state index in [0.29, 0.717) is 0 Å². The van der Waals surface area contributed by atoms with E-state index < -0.39 is 0 Å². The molecule has 2 aromatic carbocycles. The zero-order chi connectivity index (χ0) is 11.8. The third-order valence-corrected chi connectivity index (χ3v) is 4.01. The molecule has 0 heterocycles. The number of hydrogen-bond donors (Lipinski definition) is 0. The SMILES string of the molecule is Cc1ccccc1-c1cccc2c1CC[C@@H]2C. The molecule has 0 nitrogen and oxygen atoms in total. The second-order valence-electron chi connectivity index (χ2n) is 5.13. The van der Waals surface area contributed by atoms with Crippen LogP contribution in [0.15, 0.2) is 42.5 Å². The van der Waals surface area contributed by atoms with Crippen LogP contribution < -0.4 is 0 Å². The number of rotatable bonds is 1. The maximum Gasteiger partial charge on any atom is -0.0146 e. The first-order valence-electron chi connectivity index (χ1n) is 6.45. The van der Waals surface area contributed by atoms with Gasteiger partial charge in [0.15, 0.2) is 0 Å². The third kappa shape index (κ3) is 1.68. The molecule has 0 saturated heterocycles. The Kier molecular flexibility index (Phi) is 2.51. The van der Waals surface area contributed by atoms with Crippen LogP contribution >= 0.6 is 0 Å². The van der Waals surface area contributed by atoms with Crippen molar-refractivity contribution in [1.82, 2.24) is 0 Å². The second-order valence-corrected chi connectivity index (χ2v) is 5.13. The van der Waals surface area contributed by atoms with Crippen LogP contribution in [0.25, 0.3) is 11.1 Å². The van der Waals surface area contributed by atoms with Gasteiger partial charge in [0.25, 0.3) is 0 Å². The van der Waals surface area contributed by atoms with Crippen LogP contribution in [0.5, 0.6) is 0 Å². The fraction of sp³-hybridized carbons (Fsp3) is 0.294. The molecule has 0 aromatic heterocycles. The minimum absolute atomic E-state index is 0.731. The van der Waals surface area contributed by atoms with Gasteiger partial charge >= 0.3 is 0 Å². The largest absolute Gasteiger partial charge is 0.0620 e. The zero-order valence-electron chi connectivity index (χ0n) is 10.5. The van der Waals surface area contributed by atoms with Crippen molar-refractivity contribution in [2.24, 2.45) is 0 Å². The maximum absolute atomic E-state index is 2.34. The molecule has 0 spiro atoms. The Morgan fingerprint density at radius 2 is 1.71 bits per heavy atom. The van der Waals surface area contributed by atoms with Crippen molar-refractivity contribution in [3.8, 4) is 11.1 Å². The molecule has 1 aliphatic rings. The van der Waals surface area contributed by atoms with Gasteiger partial charge in [0.1, 0.15) is 0 Å². The summed E-state index contributed by atoms with van der Waals surface area (Å²) in [7, 11) is 0. The van der Waals surface area contributed by atoms with Crippen LogP contribution in [0.1, 0.15) is 36.0 Å². The predicted octanol–water partition coefficient (Wildman–Crippen LogP) is 4.71. The molecule has 3 rings (SSSR count). The lowest BCUT2D eigenvalue weighted by Crippen LogP contribution is -1.91. The summed E-state index contributed by atoms with van der Waals surface area (Å²) in [6.45, 7) is 4.54. The lowest BCUT2D eigenvalue weighted by atomic mass is 9.93. The van der Waals surface area contributed by atoms with E-state index in [1.807, 2.05) is 0 Å². The van der Waals surface area contributed by atoms with Crippen LogP contribution in [-0.2, 0) is 6.42 Å². The van der Waals surface area contributed by atoms with Gasteiger partial charge in [-0.2, -0.15) is 0 Å². The molecule has 2 aromatic rings. The fourth-order valence-electron chi connectivity index (χ4n) is 2.99. The van der Waals surface area contributed by atoms with Crippen LogP contribution in [0, 0.1) is 6.92 Å². The summed E-state index contributed by atoms with van der Waals surface area (Å²) in [6.07, 6.45) is 2.54. The molecule has 0 aliphatic heterocycles. The van der Waals surface area contributed by atoms with Crippen molar-refractivity contribution in [1.29, 1.82) is 0 Å². The summed E-state index contributed by atoms with van der Waals surface area (Å²) < 4.78 is 0. The number of benzene rings is 2. The van der Waals surface area contributed by atoms with Gasteiger partial charge < -0.3 is 0 Å². The molecular weight excluding hydrogens is 204 g/mol. The second kappa shape index (κ2) is 4.03. The van der Waals surface area contributed by atoms with E-state index in [2.05, 4.69) is 56.3 Å². The van der Waals surface area contributed by atoms with Crippen molar-refractivity contribution in [2.75, 3.05) is 0 Å². The minimum Gasteiger partial charge on any atom is -0.0620 e. The van der Waals surface area contributed by atoms with Gasteiger partial charge in [0, 0.05) is 0 Å². The number of aryl methyl sites for hydroxylation is 1. The normalized spacial score (nSPS) is 18.1. The fourth-order valence-corrected chi connectivity index (χ4v) is 2.99. The van der Waals surface area contributed by atoms with Gasteiger partial charge in [-0.05, 0) is 53.5 Å². The van der Waals surface area contributed by atoms with Crippen LogP contribution in [-0.4, -0.2) is 0 Å². The van der Waals surface area contributed by atoms with Crippen molar-refractivity contribution in [3.63, 3.8) is 0 Å². The molecule has 86 valence electrons. The van der Waals surface area contributed by atoms with Crippen LogP contribution in [0.3, 0.4) is 0 Å². The van der Waals surface area contributed by atoms with Crippen molar-refractivity contribution < 1.29 is 0 Å². The third-order valence-electron chi connectivity index (χ3n) is 4.01. The summed E-state index contributed by atoms with van der Waals surface area (Å²) in [4.78, 5) is 0. The molecule has 0 unspecified atom stereocenters. The van der Waals surface area contributed by atoms with Gasteiger partial charge in [-0.15, -0.1) is 0 Å². The number of fused-ring (bicyclic) bond motifs is 1. The molecule has 0 saturated carbocycles. The first-order valence-corrected chi connectivity index (χ1v) is 6.45. The Bertz CT molecular complexity index is 552. The summed E-state index contributed by atoms with van der Waals surface area (Å²) in [5, 5.41) is 0. The highest BCUT2D eigenvalue weighted by Gasteiger charge is 2.21. The average molecular weight is 222 g/mol. The Hall–Kier alpha value is -1.56. The number of hydrogen-bond acceptors (Lipinski definition) is 0. The highest BCUT2D eigenvalue weighted by atomic mass is 14.3. The predicted molar refractivity (Wildman–Crippen MR) is 73.4 cm³/mol. The standard InChI is InChI=1S/C17H18/c1-12-6-3-4-7-14(12)16-9-5-8-15-13(2)10-11-17(15)16/h3-9,13H,10-11H2,1-2H3/t13-/m0/s1. The smallest absolute Gasteiger partial charge is 0.0146 e. The lowest BCUT2D eigenvalue weighted by Gasteiger charge is -2.12. The van der Waals surface area contributed by atoms with Crippen molar-refractivity contribution in [3.05, 3.63) is 59.2 Å². The molecule has 0 fully saturated rings. The first kappa shape index (κ1) is 10.6. The summed E-state index contributed by atoms with van der Waals surface area (Å²) in [5.74, 6) is 0.731. The zero-order valence-corrected chi connectivity index (χ0v) is 10.5. The average Bonchev–Trinajstić information content (AvgIpc) is 2.72. The van der Waals surface area contributed by atoms with Gasteiger partial charge in [-0.1, -0.05) is 49.4 Å². The van der Waals surface area contributed by atoms with Crippen molar-refractivity contribution in [2.45, 2.75) is 32.6 Å². The lowest BCUT2D eigenvalue weighted by molar-refractivity contribution is 0.747. The Morgan fingerprint density at radius 1 is 0.941 bits per heavy atom. The summed E-state index contributed by atoms with van der Waals surface area (Å²) in [5.41, 5.74) is 7.36. The van der Waals surface area contributed by atoms with Gasteiger partial charge in [0.2, 0.25) is 0 Å². The Balaban J connectivity index is 2.20. The van der Waals surface area contributed by atoms with Crippen LogP contribution in [0.4, 0.5) is 0 Å². The van der Waals surface area contributed by atoms with E-state index in [9.17, 15) is 0 Å². The van der Waals surface area contributed by atoms with Gasteiger partial charge in [0.05, 0.1) is 0 Å². The molecule has 0 amide bonds. The Labute approximate surface area is 103 Å². The quantitative estimate of drug-likeness (QED) is 0.655.